The lowest BCUT2D eigenvalue weighted by Gasteiger charge is -2.29. The fourth-order valence-electron chi connectivity index (χ4n) is 3.87. The van der Waals surface area contributed by atoms with Crippen molar-refractivity contribution in [2.45, 2.75) is 37.2 Å². The van der Waals surface area contributed by atoms with Gasteiger partial charge in [-0.05, 0) is 58.4 Å². The Labute approximate surface area is 224 Å². The Balaban J connectivity index is 1.86. The average Bonchev–Trinajstić information content (AvgIpc) is 3.31. The van der Waals surface area contributed by atoms with Crippen molar-refractivity contribution >= 4 is 45.7 Å². The van der Waals surface area contributed by atoms with E-state index in [0.29, 0.717) is 17.9 Å². The monoisotopic (exact) mass is 611 g/mol. The molecule has 0 saturated carbocycles. The molecule has 198 valence electrons. The topological polar surface area (TPSA) is 95.3 Å². The van der Waals surface area contributed by atoms with Gasteiger partial charge in [-0.1, -0.05) is 19.6 Å². The molecule has 0 saturated heterocycles. The molecule has 4 rings (SSSR count). The summed E-state index contributed by atoms with van der Waals surface area (Å²) in [7, 11) is -4.59. The minimum Gasteiger partial charge on any atom is -0.484 e. The number of anilines is 1. The van der Waals surface area contributed by atoms with Crippen LogP contribution in [0.2, 0.25) is 25.7 Å². The number of esters is 1. The quantitative estimate of drug-likeness (QED) is 0.126. The Bertz CT molecular complexity index is 1440. The van der Waals surface area contributed by atoms with E-state index in [9.17, 15) is 17.6 Å². The molecular weight excluding hydrogens is 585 g/mol. The third kappa shape index (κ3) is 5.61. The summed E-state index contributed by atoms with van der Waals surface area (Å²) in [6.45, 7) is 6.56. The van der Waals surface area contributed by atoms with Crippen molar-refractivity contribution in [1.29, 1.82) is 0 Å². The highest BCUT2D eigenvalue weighted by atomic mass is 79.9. The van der Waals surface area contributed by atoms with E-state index in [1.165, 1.54) is 19.4 Å². The highest BCUT2D eigenvalue weighted by Gasteiger charge is 2.35. The molecule has 2 aromatic carbocycles. The van der Waals surface area contributed by atoms with Crippen LogP contribution in [0, 0.1) is 5.82 Å². The van der Waals surface area contributed by atoms with E-state index >= 15 is 0 Å². The van der Waals surface area contributed by atoms with Gasteiger partial charge >= 0.3 is 5.97 Å². The molecule has 1 aliphatic heterocycles. The number of fused-ring (bicyclic) bond motifs is 3. The molecule has 0 bridgehead atoms. The first kappa shape index (κ1) is 27.4. The van der Waals surface area contributed by atoms with Crippen molar-refractivity contribution in [2.24, 2.45) is 0 Å². The molecule has 3 aromatic rings. The Kier molecular flexibility index (Phi) is 7.84. The van der Waals surface area contributed by atoms with Gasteiger partial charge in [-0.25, -0.2) is 21.9 Å². The maximum Gasteiger partial charge on any atom is 0.343 e. The standard InChI is InChI=1S/C25H27BrFNO7SSi/c1-32-25(29)23-20(7-6-18-17-9-10-34-21(17)14-35-24(18)23)28(15-33-11-12-37(2,3)4)36(30,31)22-8-5-16(27)13-19(22)26/h5-10,13H,11-12,14-15H2,1-4H3. The summed E-state index contributed by atoms with van der Waals surface area (Å²) in [4.78, 5) is 12.9. The second-order valence-corrected chi connectivity index (χ2v) is 18.0. The molecule has 1 aromatic heterocycles. The number of hydrogen-bond acceptors (Lipinski definition) is 7. The molecule has 1 aliphatic rings. The first-order valence-electron chi connectivity index (χ1n) is 11.4. The SMILES string of the molecule is COC(=O)c1c(N(COCC[Si](C)(C)C)S(=O)(=O)c2ccc(F)cc2Br)ccc2c1OCc1occc1-2. The number of methoxy groups -OCH3 is 1. The molecule has 0 fully saturated rings. The lowest BCUT2D eigenvalue weighted by Crippen LogP contribution is -2.36. The van der Waals surface area contributed by atoms with Gasteiger partial charge in [-0.2, -0.15) is 0 Å². The van der Waals surface area contributed by atoms with Crippen molar-refractivity contribution in [3.8, 4) is 16.9 Å². The molecule has 0 amide bonds. The Morgan fingerprint density at radius 3 is 2.59 bits per heavy atom. The molecule has 37 heavy (non-hydrogen) atoms. The zero-order valence-corrected chi connectivity index (χ0v) is 24.2. The predicted molar refractivity (Wildman–Crippen MR) is 143 cm³/mol. The predicted octanol–water partition coefficient (Wildman–Crippen LogP) is 6.03. The van der Waals surface area contributed by atoms with Crippen molar-refractivity contribution in [1.82, 2.24) is 0 Å². The van der Waals surface area contributed by atoms with E-state index in [0.717, 1.165) is 34.1 Å². The van der Waals surface area contributed by atoms with Gasteiger partial charge in [-0.15, -0.1) is 0 Å². The lowest BCUT2D eigenvalue weighted by molar-refractivity contribution is 0.0595. The van der Waals surface area contributed by atoms with Gasteiger partial charge in [0.05, 0.1) is 19.1 Å². The second kappa shape index (κ2) is 10.6. The molecule has 2 heterocycles. The number of nitrogens with zero attached hydrogens (tertiary/aromatic N) is 1. The summed E-state index contributed by atoms with van der Waals surface area (Å²) < 4.78 is 64.9. The van der Waals surface area contributed by atoms with Gasteiger partial charge in [0, 0.05) is 30.3 Å². The van der Waals surface area contributed by atoms with Crippen LogP contribution in [0.25, 0.3) is 11.1 Å². The summed E-state index contributed by atoms with van der Waals surface area (Å²) in [6.07, 6.45) is 1.52. The average molecular weight is 613 g/mol. The highest BCUT2D eigenvalue weighted by Crippen LogP contribution is 2.45. The Morgan fingerprint density at radius 2 is 1.92 bits per heavy atom. The summed E-state index contributed by atoms with van der Waals surface area (Å²) in [5.41, 5.74) is 1.25. The number of rotatable bonds is 9. The molecule has 0 spiro atoms. The summed E-state index contributed by atoms with van der Waals surface area (Å²) in [5, 5.41) is 0. The van der Waals surface area contributed by atoms with E-state index in [2.05, 4.69) is 35.6 Å². The van der Waals surface area contributed by atoms with E-state index in [4.69, 9.17) is 18.6 Å². The maximum atomic E-state index is 13.9. The van der Waals surface area contributed by atoms with Crippen molar-refractivity contribution in [3.63, 3.8) is 0 Å². The van der Waals surface area contributed by atoms with Crippen molar-refractivity contribution in [3.05, 3.63) is 64.3 Å². The molecule has 0 radical (unpaired) electrons. The van der Waals surface area contributed by atoms with Crippen LogP contribution in [-0.2, 0) is 26.1 Å². The molecule has 12 heteroatoms. The van der Waals surface area contributed by atoms with E-state index in [1.807, 2.05) is 0 Å². The Morgan fingerprint density at radius 1 is 1.16 bits per heavy atom. The van der Waals surface area contributed by atoms with Gasteiger partial charge in [0.25, 0.3) is 10.0 Å². The molecular formula is C25H27BrFNO7SSi. The maximum absolute atomic E-state index is 13.9. The first-order chi connectivity index (χ1) is 17.4. The molecule has 8 nitrogen and oxygen atoms in total. The number of carbonyl (C=O) groups is 1. The summed E-state index contributed by atoms with van der Waals surface area (Å²) in [5.74, 6) is -0.611. The normalized spacial score (nSPS) is 12.9. The van der Waals surface area contributed by atoms with E-state index in [-0.39, 0.29) is 39.7 Å². The van der Waals surface area contributed by atoms with Gasteiger partial charge in [-0.3, -0.25) is 0 Å². The number of ether oxygens (including phenoxy) is 3. The third-order valence-corrected chi connectivity index (χ3v) is 10.3. The largest absolute Gasteiger partial charge is 0.484 e. The first-order valence-corrected chi connectivity index (χ1v) is 17.4. The van der Waals surface area contributed by atoms with Gasteiger partial charge in [0.2, 0.25) is 0 Å². The minimum atomic E-state index is -4.33. The number of benzene rings is 2. The van der Waals surface area contributed by atoms with E-state index in [1.54, 1.807) is 12.1 Å². The van der Waals surface area contributed by atoms with Crippen LogP contribution in [0.4, 0.5) is 10.1 Å². The van der Waals surface area contributed by atoms with Gasteiger partial charge in [0.15, 0.2) is 0 Å². The van der Waals surface area contributed by atoms with Crippen LogP contribution < -0.4 is 9.04 Å². The number of carbonyl (C=O) groups excluding carboxylic acids is 1. The number of hydrogen-bond donors (Lipinski definition) is 0. The van der Waals surface area contributed by atoms with Crippen LogP contribution in [0.1, 0.15) is 16.1 Å². The summed E-state index contributed by atoms with van der Waals surface area (Å²) in [6, 6.07) is 9.01. The summed E-state index contributed by atoms with van der Waals surface area (Å²) >= 11 is 3.16. The van der Waals surface area contributed by atoms with E-state index < -0.39 is 29.9 Å². The van der Waals surface area contributed by atoms with Crippen LogP contribution in [-0.4, -0.2) is 42.9 Å². The lowest BCUT2D eigenvalue weighted by atomic mass is 9.98. The Hall–Kier alpha value is -2.67. The van der Waals surface area contributed by atoms with Gasteiger partial charge < -0.3 is 18.6 Å². The van der Waals surface area contributed by atoms with Crippen molar-refractivity contribution < 1.29 is 36.2 Å². The molecule has 0 aliphatic carbocycles. The number of furan rings is 1. The second-order valence-electron chi connectivity index (χ2n) is 9.65. The zero-order chi connectivity index (χ0) is 27.0. The molecule has 0 atom stereocenters. The highest BCUT2D eigenvalue weighted by molar-refractivity contribution is 9.10. The van der Waals surface area contributed by atoms with Crippen LogP contribution in [0.15, 0.2) is 56.4 Å². The number of sulfonamides is 1. The van der Waals surface area contributed by atoms with Crippen molar-refractivity contribution in [2.75, 3.05) is 24.8 Å². The smallest absolute Gasteiger partial charge is 0.343 e. The fraction of sp³-hybridized carbons (Fsp3) is 0.320. The number of halogens is 2. The van der Waals surface area contributed by atoms with Crippen LogP contribution >= 0.6 is 15.9 Å². The fourth-order valence-corrected chi connectivity index (χ4v) is 7.00. The minimum absolute atomic E-state index is 0.0155. The van der Waals surface area contributed by atoms with Gasteiger partial charge in [0.1, 0.15) is 41.1 Å². The van der Waals surface area contributed by atoms with Crippen LogP contribution in [0.5, 0.6) is 5.75 Å². The molecule has 0 N–H and O–H groups in total. The zero-order valence-electron chi connectivity index (χ0n) is 20.8. The molecule has 0 unspecified atom stereocenters. The van der Waals surface area contributed by atoms with Crippen LogP contribution in [0.3, 0.4) is 0 Å². The third-order valence-electron chi connectivity index (χ3n) is 5.84.